The molecule has 1 aromatic heterocycles. The van der Waals surface area contributed by atoms with Crippen LogP contribution in [0.15, 0.2) is 11.6 Å². The van der Waals surface area contributed by atoms with Gasteiger partial charge in [-0.3, -0.25) is 0 Å². The first kappa shape index (κ1) is 7.47. The summed E-state index contributed by atoms with van der Waals surface area (Å²) in [5, 5.41) is 3.27. The van der Waals surface area contributed by atoms with E-state index in [1.165, 1.54) is 5.01 Å². The van der Waals surface area contributed by atoms with Gasteiger partial charge in [0.2, 0.25) is 0 Å². The Morgan fingerprint density at radius 1 is 1.89 bits per heavy atom. The molecule has 1 atom stereocenters. The van der Waals surface area contributed by atoms with Crippen LogP contribution >= 0.6 is 33.9 Å². The van der Waals surface area contributed by atoms with E-state index < -0.39 is 0 Å². The maximum Gasteiger partial charge on any atom is 0.0935 e. The first-order chi connectivity index (χ1) is 4.29. The van der Waals surface area contributed by atoms with Gasteiger partial charge in [0.1, 0.15) is 0 Å². The summed E-state index contributed by atoms with van der Waals surface area (Å²) >= 11 is 4.15. The van der Waals surface area contributed by atoms with Crippen molar-refractivity contribution < 1.29 is 0 Å². The van der Waals surface area contributed by atoms with Crippen molar-refractivity contribution in [3.63, 3.8) is 0 Å². The highest BCUT2D eigenvalue weighted by molar-refractivity contribution is 14.1. The summed E-state index contributed by atoms with van der Waals surface area (Å²) in [4.78, 5) is 4.17. The van der Waals surface area contributed by atoms with Crippen LogP contribution in [0.25, 0.3) is 0 Å². The third-order valence-corrected chi connectivity index (χ3v) is 2.18. The number of halogens is 1. The van der Waals surface area contributed by atoms with Crippen molar-refractivity contribution in [2.24, 2.45) is 0 Å². The van der Waals surface area contributed by atoms with Crippen molar-refractivity contribution in [3.8, 4) is 0 Å². The molecule has 0 aliphatic heterocycles. The average molecular weight is 253 g/mol. The number of nitrogens with zero attached hydrogens (tertiary/aromatic N) is 1. The number of aromatic nitrogens is 1. The summed E-state index contributed by atoms with van der Waals surface area (Å²) in [6.07, 6.45) is 2.97. The Morgan fingerprint density at radius 3 is 3.11 bits per heavy atom. The molecule has 1 heterocycles. The van der Waals surface area contributed by atoms with E-state index in [1.807, 2.05) is 11.6 Å². The van der Waals surface area contributed by atoms with Gasteiger partial charge in [-0.1, -0.05) is 29.5 Å². The molecule has 0 aliphatic carbocycles. The number of alkyl halides is 1. The maximum atomic E-state index is 4.17. The Morgan fingerprint density at radius 2 is 2.67 bits per heavy atom. The molecule has 1 rings (SSSR count). The van der Waals surface area contributed by atoms with E-state index in [1.54, 1.807) is 11.3 Å². The highest BCUT2D eigenvalue weighted by Crippen LogP contribution is 2.11. The fraction of sp³-hybridized carbons (Fsp3) is 0.500. The Bertz CT molecular complexity index is 160. The quantitative estimate of drug-likeness (QED) is 0.583. The van der Waals surface area contributed by atoms with Crippen LogP contribution in [0, 0.1) is 0 Å². The van der Waals surface area contributed by atoms with Crippen molar-refractivity contribution in [2.75, 3.05) is 0 Å². The van der Waals surface area contributed by atoms with E-state index in [0.29, 0.717) is 3.92 Å². The Kier molecular flexibility index (Phi) is 2.91. The van der Waals surface area contributed by atoms with Crippen LogP contribution in [0.4, 0.5) is 0 Å². The first-order valence-electron chi connectivity index (χ1n) is 2.81. The molecule has 0 amide bonds. The van der Waals surface area contributed by atoms with Crippen LogP contribution < -0.4 is 0 Å². The fourth-order valence-corrected chi connectivity index (χ4v) is 2.06. The molecule has 9 heavy (non-hydrogen) atoms. The molecule has 0 fully saturated rings. The molecule has 0 saturated carbocycles. The van der Waals surface area contributed by atoms with Gasteiger partial charge in [0.15, 0.2) is 0 Å². The smallest absolute Gasteiger partial charge is 0.0935 e. The average Bonchev–Trinajstić information content (AvgIpc) is 2.15. The lowest BCUT2D eigenvalue weighted by Gasteiger charge is -1.95. The lowest BCUT2D eigenvalue weighted by molar-refractivity contribution is 0.959. The van der Waals surface area contributed by atoms with Gasteiger partial charge in [-0.25, -0.2) is 4.98 Å². The summed E-state index contributed by atoms with van der Waals surface area (Å²) in [6, 6.07) is 0. The van der Waals surface area contributed by atoms with Gasteiger partial charge in [0.25, 0.3) is 0 Å². The van der Waals surface area contributed by atoms with Crippen molar-refractivity contribution in [2.45, 2.75) is 17.3 Å². The van der Waals surface area contributed by atoms with Crippen LogP contribution in [0.5, 0.6) is 0 Å². The number of thiazole rings is 1. The summed E-state index contributed by atoms with van der Waals surface area (Å²) in [5.74, 6) is 0. The van der Waals surface area contributed by atoms with E-state index in [2.05, 4.69) is 34.5 Å². The molecule has 1 aromatic rings. The van der Waals surface area contributed by atoms with Gasteiger partial charge in [-0.05, 0) is 0 Å². The minimum absolute atomic E-state index is 0.703. The highest BCUT2D eigenvalue weighted by atomic mass is 127. The zero-order valence-electron chi connectivity index (χ0n) is 5.17. The third-order valence-electron chi connectivity index (χ3n) is 0.939. The van der Waals surface area contributed by atoms with Crippen molar-refractivity contribution >= 4 is 33.9 Å². The summed E-state index contributed by atoms with van der Waals surface area (Å²) in [7, 11) is 0. The Balaban J connectivity index is 2.48. The van der Waals surface area contributed by atoms with Gasteiger partial charge in [0.05, 0.1) is 5.01 Å². The maximum absolute atomic E-state index is 4.17. The monoisotopic (exact) mass is 253 g/mol. The van der Waals surface area contributed by atoms with E-state index >= 15 is 0 Å². The second kappa shape index (κ2) is 3.51. The van der Waals surface area contributed by atoms with Gasteiger partial charge in [-0.2, -0.15) is 0 Å². The minimum Gasteiger partial charge on any atom is -0.250 e. The van der Waals surface area contributed by atoms with E-state index in [0.717, 1.165) is 6.42 Å². The summed E-state index contributed by atoms with van der Waals surface area (Å²) in [5.41, 5.74) is 0. The molecule has 1 unspecified atom stereocenters. The van der Waals surface area contributed by atoms with Crippen molar-refractivity contribution in [1.82, 2.24) is 4.98 Å². The molecule has 0 saturated heterocycles. The van der Waals surface area contributed by atoms with Gasteiger partial charge < -0.3 is 0 Å². The Labute approximate surface area is 72.6 Å². The van der Waals surface area contributed by atoms with Crippen LogP contribution in [-0.2, 0) is 6.42 Å². The SMILES string of the molecule is CC(I)Cc1nccs1. The number of rotatable bonds is 2. The molecule has 1 nitrogen and oxygen atoms in total. The molecular weight excluding hydrogens is 245 g/mol. The largest absolute Gasteiger partial charge is 0.250 e. The fourth-order valence-electron chi connectivity index (χ4n) is 0.594. The first-order valence-corrected chi connectivity index (χ1v) is 4.94. The molecule has 3 heteroatoms. The zero-order chi connectivity index (χ0) is 6.69. The van der Waals surface area contributed by atoms with Crippen LogP contribution in [0.1, 0.15) is 11.9 Å². The second-order valence-corrected chi connectivity index (χ2v) is 5.02. The number of hydrogen-bond donors (Lipinski definition) is 0. The van der Waals surface area contributed by atoms with Crippen molar-refractivity contribution in [3.05, 3.63) is 16.6 Å². The molecule has 0 aromatic carbocycles. The van der Waals surface area contributed by atoms with Crippen molar-refractivity contribution in [1.29, 1.82) is 0 Å². The lowest BCUT2D eigenvalue weighted by Crippen LogP contribution is -1.94. The van der Waals surface area contributed by atoms with Crippen LogP contribution in [0.3, 0.4) is 0 Å². The highest BCUT2D eigenvalue weighted by Gasteiger charge is 1.98. The third kappa shape index (κ3) is 2.62. The molecule has 0 spiro atoms. The number of hydrogen-bond acceptors (Lipinski definition) is 2. The predicted octanol–water partition coefficient (Wildman–Crippen LogP) is 2.51. The molecule has 50 valence electrons. The molecule has 0 aliphatic rings. The molecule has 0 bridgehead atoms. The normalized spacial score (nSPS) is 13.6. The van der Waals surface area contributed by atoms with Gasteiger partial charge in [0, 0.05) is 21.9 Å². The van der Waals surface area contributed by atoms with Crippen LogP contribution in [0.2, 0.25) is 0 Å². The van der Waals surface area contributed by atoms with E-state index in [4.69, 9.17) is 0 Å². The van der Waals surface area contributed by atoms with E-state index in [9.17, 15) is 0 Å². The zero-order valence-corrected chi connectivity index (χ0v) is 8.15. The molecule has 0 radical (unpaired) electrons. The van der Waals surface area contributed by atoms with E-state index in [-0.39, 0.29) is 0 Å². The minimum atomic E-state index is 0.703. The predicted molar refractivity (Wildman–Crippen MR) is 49.3 cm³/mol. The standard InChI is InChI=1S/C6H8INS/c1-5(7)4-6-8-2-3-9-6/h2-3,5H,4H2,1H3. The summed E-state index contributed by atoms with van der Waals surface area (Å²) < 4.78 is 0.703. The molecular formula is C6H8INS. The molecule has 0 N–H and O–H groups in total. The Hall–Kier alpha value is 0.360. The van der Waals surface area contributed by atoms with Gasteiger partial charge in [-0.15, -0.1) is 11.3 Å². The topological polar surface area (TPSA) is 12.9 Å². The second-order valence-electron chi connectivity index (χ2n) is 1.91. The lowest BCUT2D eigenvalue weighted by atomic mass is 10.4. The summed E-state index contributed by atoms with van der Waals surface area (Å²) in [6.45, 7) is 2.20. The van der Waals surface area contributed by atoms with Gasteiger partial charge >= 0.3 is 0 Å². The van der Waals surface area contributed by atoms with Crippen LogP contribution in [-0.4, -0.2) is 8.91 Å².